The van der Waals surface area contributed by atoms with E-state index >= 15 is 0 Å². The highest BCUT2D eigenvalue weighted by Gasteiger charge is 2.13. The van der Waals surface area contributed by atoms with Crippen molar-refractivity contribution in [3.05, 3.63) is 84.2 Å². The molecule has 1 aromatic heterocycles. The molecule has 5 heteroatoms. The van der Waals surface area contributed by atoms with Crippen molar-refractivity contribution in [2.45, 2.75) is 13.8 Å². The van der Waals surface area contributed by atoms with Crippen molar-refractivity contribution >= 4 is 17.5 Å². The van der Waals surface area contributed by atoms with Gasteiger partial charge >= 0.3 is 0 Å². The first-order valence-electron chi connectivity index (χ1n) is 9.06. The number of benzene rings is 2. The predicted octanol–water partition coefficient (Wildman–Crippen LogP) is 4.21. The Bertz CT molecular complexity index is 911. The summed E-state index contributed by atoms with van der Waals surface area (Å²) in [5.74, 6) is -0.191. The molecule has 0 spiro atoms. The highest BCUT2D eigenvalue weighted by molar-refractivity contribution is 6.05. The first-order chi connectivity index (χ1) is 13.1. The van der Waals surface area contributed by atoms with Gasteiger partial charge in [-0.3, -0.25) is 9.59 Å². The Kier molecular flexibility index (Phi) is 5.71. The normalized spacial score (nSPS) is 10.4. The quantitative estimate of drug-likeness (QED) is 0.715. The monoisotopic (exact) mass is 361 g/mol. The van der Waals surface area contributed by atoms with Crippen molar-refractivity contribution in [1.29, 1.82) is 0 Å². The SMILES string of the molecule is CCN(CC)C(=O)c1ccc(NC(=O)c2cccc(-n3cccc3)c2)cc1. The summed E-state index contributed by atoms with van der Waals surface area (Å²) >= 11 is 0. The van der Waals surface area contributed by atoms with Gasteiger partial charge in [0.25, 0.3) is 11.8 Å². The lowest BCUT2D eigenvalue weighted by molar-refractivity contribution is 0.0773. The van der Waals surface area contributed by atoms with Gasteiger partial charge in [-0.15, -0.1) is 0 Å². The van der Waals surface area contributed by atoms with E-state index in [0.717, 1.165) is 5.69 Å². The maximum absolute atomic E-state index is 12.6. The van der Waals surface area contributed by atoms with Crippen LogP contribution >= 0.6 is 0 Å². The van der Waals surface area contributed by atoms with E-state index in [2.05, 4.69) is 5.32 Å². The van der Waals surface area contributed by atoms with E-state index in [4.69, 9.17) is 0 Å². The van der Waals surface area contributed by atoms with Gasteiger partial charge in [-0.2, -0.15) is 0 Å². The summed E-state index contributed by atoms with van der Waals surface area (Å²) in [6.45, 7) is 5.26. The van der Waals surface area contributed by atoms with E-state index in [-0.39, 0.29) is 11.8 Å². The Morgan fingerprint density at radius 3 is 2.19 bits per heavy atom. The molecule has 0 fully saturated rings. The van der Waals surface area contributed by atoms with E-state index in [0.29, 0.717) is 29.9 Å². The molecule has 2 amide bonds. The topological polar surface area (TPSA) is 54.3 Å². The molecule has 1 heterocycles. The first-order valence-corrected chi connectivity index (χ1v) is 9.06. The summed E-state index contributed by atoms with van der Waals surface area (Å²) in [5.41, 5.74) is 2.77. The Hall–Kier alpha value is -3.34. The van der Waals surface area contributed by atoms with Gasteiger partial charge in [0, 0.05) is 48.0 Å². The molecule has 0 bridgehead atoms. The molecule has 0 saturated heterocycles. The van der Waals surface area contributed by atoms with Gasteiger partial charge in [-0.1, -0.05) is 6.07 Å². The molecule has 0 aliphatic rings. The number of rotatable bonds is 6. The fourth-order valence-corrected chi connectivity index (χ4v) is 2.91. The second-order valence-corrected chi connectivity index (χ2v) is 6.15. The molecular formula is C22H23N3O2. The molecular weight excluding hydrogens is 338 g/mol. The number of carbonyl (C=O) groups excluding carboxylic acids is 2. The van der Waals surface area contributed by atoms with Crippen LogP contribution in [-0.4, -0.2) is 34.4 Å². The summed E-state index contributed by atoms with van der Waals surface area (Å²) in [5, 5.41) is 2.88. The maximum atomic E-state index is 12.6. The number of carbonyl (C=O) groups is 2. The molecule has 0 atom stereocenters. The van der Waals surface area contributed by atoms with Crippen molar-refractivity contribution in [2.75, 3.05) is 18.4 Å². The summed E-state index contributed by atoms with van der Waals surface area (Å²) in [6.07, 6.45) is 3.87. The minimum Gasteiger partial charge on any atom is -0.339 e. The van der Waals surface area contributed by atoms with Crippen molar-refractivity contribution in [2.24, 2.45) is 0 Å². The predicted molar refractivity (Wildman–Crippen MR) is 107 cm³/mol. The molecule has 138 valence electrons. The summed E-state index contributed by atoms with van der Waals surface area (Å²) in [7, 11) is 0. The fourth-order valence-electron chi connectivity index (χ4n) is 2.91. The van der Waals surface area contributed by atoms with Crippen LogP contribution in [0.4, 0.5) is 5.69 Å². The Morgan fingerprint density at radius 1 is 0.889 bits per heavy atom. The van der Waals surface area contributed by atoms with Crippen LogP contribution < -0.4 is 5.32 Å². The van der Waals surface area contributed by atoms with Crippen LogP contribution in [0.3, 0.4) is 0 Å². The summed E-state index contributed by atoms with van der Waals surface area (Å²) in [6, 6.07) is 18.3. The second-order valence-electron chi connectivity index (χ2n) is 6.15. The van der Waals surface area contributed by atoms with Gasteiger partial charge in [0.15, 0.2) is 0 Å². The van der Waals surface area contributed by atoms with Crippen molar-refractivity contribution in [1.82, 2.24) is 9.47 Å². The summed E-state index contributed by atoms with van der Waals surface area (Å²) < 4.78 is 1.95. The molecule has 3 rings (SSSR count). The van der Waals surface area contributed by atoms with Crippen LogP contribution in [0.1, 0.15) is 34.6 Å². The molecule has 0 unspecified atom stereocenters. The smallest absolute Gasteiger partial charge is 0.255 e. The lowest BCUT2D eigenvalue weighted by Crippen LogP contribution is -2.30. The number of anilines is 1. The third-order valence-electron chi connectivity index (χ3n) is 4.45. The van der Waals surface area contributed by atoms with E-state index in [9.17, 15) is 9.59 Å². The van der Waals surface area contributed by atoms with Gasteiger partial charge in [0.2, 0.25) is 0 Å². The van der Waals surface area contributed by atoms with Crippen molar-refractivity contribution in [3.63, 3.8) is 0 Å². The van der Waals surface area contributed by atoms with Crippen LogP contribution in [0.2, 0.25) is 0 Å². The third-order valence-corrected chi connectivity index (χ3v) is 4.45. The zero-order valence-electron chi connectivity index (χ0n) is 15.6. The molecule has 3 aromatic rings. The highest BCUT2D eigenvalue weighted by Crippen LogP contribution is 2.15. The van der Waals surface area contributed by atoms with E-state index in [1.165, 1.54) is 0 Å². The Labute approximate surface area is 159 Å². The van der Waals surface area contributed by atoms with Crippen molar-refractivity contribution < 1.29 is 9.59 Å². The minimum atomic E-state index is -0.188. The average molecular weight is 361 g/mol. The van der Waals surface area contributed by atoms with Crippen LogP contribution in [-0.2, 0) is 0 Å². The van der Waals surface area contributed by atoms with Gasteiger partial charge in [-0.25, -0.2) is 0 Å². The standard InChI is InChI=1S/C22H23N3O2/c1-3-24(4-2)22(27)17-10-12-19(13-11-17)23-21(26)18-8-7-9-20(16-18)25-14-5-6-15-25/h5-16H,3-4H2,1-2H3,(H,23,26). The second kappa shape index (κ2) is 8.36. The maximum Gasteiger partial charge on any atom is 0.255 e. The number of aromatic nitrogens is 1. The zero-order valence-corrected chi connectivity index (χ0v) is 15.6. The zero-order chi connectivity index (χ0) is 19.2. The molecule has 1 N–H and O–H groups in total. The van der Waals surface area contributed by atoms with Gasteiger partial charge in [0.05, 0.1) is 0 Å². The number of hydrogen-bond donors (Lipinski definition) is 1. The van der Waals surface area contributed by atoms with Crippen LogP contribution in [0, 0.1) is 0 Å². The molecule has 0 radical (unpaired) electrons. The van der Waals surface area contributed by atoms with E-state index in [1.807, 2.05) is 61.1 Å². The Balaban J connectivity index is 1.71. The van der Waals surface area contributed by atoms with Crippen LogP contribution in [0.15, 0.2) is 73.1 Å². The van der Waals surface area contributed by atoms with E-state index in [1.54, 1.807) is 35.2 Å². The molecule has 0 aliphatic heterocycles. The number of nitrogens with one attached hydrogen (secondary N) is 1. The fraction of sp³-hybridized carbons (Fsp3) is 0.182. The van der Waals surface area contributed by atoms with Gasteiger partial charge < -0.3 is 14.8 Å². The molecule has 5 nitrogen and oxygen atoms in total. The third kappa shape index (κ3) is 4.26. The van der Waals surface area contributed by atoms with Gasteiger partial charge in [-0.05, 0) is 68.4 Å². The van der Waals surface area contributed by atoms with Gasteiger partial charge in [0.1, 0.15) is 0 Å². The number of hydrogen-bond acceptors (Lipinski definition) is 2. The lowest BCUT2D eigenvalue weighted by Gasteiger charge is -2.18. The van der Waals surface area contributed by atoms with E-state index < -0.39 is 0 Å². The highest BCUT2D eigenvalue weighted by atomic mass is 16.2. The Morgan fingerprint density at radius 2 is 1.56 bits per heavy atom. The molecule has 0 aliphatic carbocycles. The number of nitrogens with zero attached hydrogens (tertiary/aromatic N) is 2. The number of amides is 2. The minimum absolute atomic E-state index is 0.00250. The summed E-state index contributed by atoms with van der Waals surface area (Å²) in [4.78, 5) is 26.7. The largest absolute Gasteiger partial charge is 0.339 e. The molecule has 2 aromatic carbocycles. The first kappa shape index (κ1) is 18.5. The van der Waals surface area contributed by atoms with Crippen LogP contribution in [0.25, 0.3) is 5.69 Å². The average Bonchev–Trinajstić information content (AvgIpc) is 3.24. The van der Waals surface area contributed by atoms with Crippen molar-refractivity contribution in [3.8, 4) is 5.69 Å². The lowest BCUT2D eigenvalue weighted by atomic mass is 10.1. The molecule has 0 saturated carbocycles. The van der Waals surface area contributed by atoms with Crippen LogP contribution in [0.5, 0.6) is 0 Å². The molecule has 27 heavy (non-hydrogen) atoms.